The van der Waals surface area contributed by atoms with Crippen LogP contribution in [0.2, 0.25) is 5.02 Å². The molecule has 1 rings (SSSR count). The van der Waals surface area contributed by atoms with Crippen LogP contribution in [-0.2, 0) is 0 Å². The summed E-state index contributed by atoms with van der Waals surface area (Å²) in [5.41, 5.74) is 6.54. The maximum absolute atomic E-state index is 11.9. The molecule has 0 bridgehead atoms. The van der Waals surface area contributed by atoms with Gasteiger partial charge in [0.05, 0.1) is 16.4 Å². The number of benzene rings is 1. The number of rotatable bonds is 4. The van der Waals surface area contributed by atoms with E-state index in [1.165, 1.54) is 0 Å². The van der Waals surface area contributed by atoms with Gasteiger partial charge in [-0.1, -0.05) is 17.7 Å². The summed E-state index contributed by atoms with van der Waals surface area (Å²) >= 11 is 5.83. The maximum Gasteiger partial charge on any atom is 0.389 e. The molecule has 0 aliphatic rings. The summed E-state index contributed by atoms with van der Waals surface area (Å²) in [6.07, 6.45) is -4.94. The summed E-state index contributed by atoms with van der Waals surface area (Å²) < 4.78 is 35.6. The lowest BCUT2D eigenvalue weighted by atomic mass is 10.2. The SMILES string of the molecule is Nc1cccc(Cl)c1NCCCC(F)(F)F. The number of alkyl halides is 3. The molecule has 1 aromatic carbocycles. The van der Waals surface area contributed by atoms with Crippen LogP contribution >= 0.6 is 11.6 Å². The molecular formula is C10H12ClF3N2. The number of halogens is 4. The van der Waals surface area contributed by atoms with E-state index >= 15 is 0 Å². The minimum Gasteiger partial charge on any atom is -0.397 e. The van der Waals surface area contributed by atoms with Crippen LogP contribution in [0.5, 0.6) is 0 Å². The van der Waals surface area contributed by atoms with E-state index in [0.29, 0.717) is 16.4 Å². The zero-order valence-corrected chi connectivity index (χ0v) is 9.20. The second-order valence-electron chi connectivity index (χ2n) is 3.35. The first-order chi connectivity index (χ1) is 7.40. The molecule has 2 nitrogen and oxygen atoms in total. The zero-order chi connectivity index (χ0) is 12.2. The van der Waals surface area contributed by atoms with E-state index < -0.39 is 12.6 Å². The fourth-order valence-electron chi connectivity index (χ4n) is 1.23. The van der Waals surface area contributed by atoms with Crippen LogP contribution in [0, 0.1) is 0 Å². The standard InChI is InChI=1S/C10H12ClF3N2/c11-7-3-1-4-8(15)9(7)16-6-2-5-10(12,13)14/h1,3-4,16H,2,5-6,15H2. The van der Waals surface area contributed by atoms with E-state index in [2.05, 4.69) is 5.32 Å². The van der Waals surface area contributed by atoms with Crippen molar-refractivity contribution in [3.05, 3.63) is 23.2 Å². The minimum atomic E-state index is -4.12. The lowest BCUT2D eigenvalue weighted by Crippen LogP contribution is -2.11. The van der Waals surface area contributed by atoms with E-state index in [-0.39, 0.29) is 13.0 Å². The first kappa shape index (κ1) is 13.0. The Morgan fingerprint density at radius 3 is 2.56 bits per heavy atom. The van der Waals surface area contributed by atoms with Gasteiger partial charge in [-0.15, -0.1) is 0 Å². The highest BCUT2D eigenvalue weighted by atomic mass is 35.5. The number of anilines is 2. The molecule has 0 radical (unpaired) electrons. The third-order valence-electron chi connectivity index (χ3n) is 1.98. The second-order valence-corrected chi connectivity index (χ2v) is 3.76. The van der Waals surface area contributed by atoms with Crippen LogP contribution in [0.25, 0.3) is 0 Å². The Hall–Kier alpha value is -1.10. The van der Waals surface area contributed by atoms with Gasteiger partial charge in [0.25, 0.3) is 0 Å². The average molecular weight is 253 g/mol. The average Bonchev–Trinajstić information content (AvgIpc) is 2.14. The van der Waals surface area contributed by atoms with E-state index in [0.717, 1.165) is 0 Å². The van der Waals surface area contributed by atoms with Gasteiger partial charge in [-0.2, -0.15) is 13.2 Å². The Morgan fingerprint density at radius 2 is 2.00 bits per heavy atom. The zero-order valence-electron chi connectivity index (χ0n) is 8.44. The molecular weight excluding hydrogens is 241 g/mol. The van der Waals surface area contributed by atoms with Gasteiger partial charge in [0.2, 0.25) is 0 Å². The van der Waals surface area contributed by atoms with Gasteiger partial charge in [-0.05, 0) is 18.6 Å². The van der Waals surface area contributed by atoms with Gasteiger partial charge in [-0.3, -0.25) is 0 Å². The van der Waals surface area contributed by atoms with Gasteiger partial charge in [0, 0.05) is 13.0 Å². The predicted molar refractivity (Wildman–Crippen MR) is 59.6 cm³/mol. The Labute approximate surface area is 96.6 Å². The molecule has 0 saturated carbocycles. The first-order valence-electron chi connectivity index (χ1n) is 4.75. The van der Waals surface area contributed by atoms with Crippen molar-refractivity contribution < 1.29 is 13.2 Å². The molecule has 0 aliphatic heterocycles. The van der Waals surface area contributed by atoms with Crippen molar-refractivity contribution in [3.63, 3.8) is 0 Å². The van der Waals surface area contributed by atoms with Crippen molar-refractivity contribution in [1.82, 2.24) is 0 Å². The molecule has 0 atom stereocenters. The summed E-state index contributed by atoms with van der Waals surface area (Å²) in [6.45, 7) is 0.188. The van der Waals surface area contributed by atoms with Crippen molar-refractivity contribution in [2.75, 3.05) is 17.6 Å². The van der Waals surface area contributed by atoms with Crippen molar-refractivity contribution in [1.29, 1.82) is 0 Å². The van der Waals surface area contributed by atoms with Gasteiger partial charge >= 0.3 is 6.18 Å². The van der Waals surface area contributed by atoms with Crippen LogP contribution in [0.3, 0.4) is 0 Å². The maximum atomic E-state index is 11.9. The molecule has 0 unspecified atom stereocenters. The molecule has 0 saturated heterocycles. The van der Waals surface area contributed by atoms with Crippen molar-refractivity contribution in [3.8, 4) is 0 Å². The minimum absolute atomic E-state index is 0.00579. The number of nitrogens with two attached hydrogens (primary N) is 1. The topological polar surface area (TPSA) is 38.0 Å². The molecule has 3 N–H and O–H groups in total. The second kappa shape index (κ2) is 5.30. The fourth-order valence-corrected chi connectivity index (χ4v) is 1.48. The normalized spacial score (nSPS) is 11.5. The van der Waals surface area contributed by atoms with Crippen LogP contribution < -0.4 is 11.1 Å². The van der Waals surface area contributed by atoms with Crippen molar-refractivity contribution >= 4 is 23.0 Å². The summed E-state index contributed by atoms with van der Waals surface area (Å²) in [6, 6.07) is 4.94. The quantitative estimate of drug-likeness (QED) is 0.634. The van der Waals surface area contributed by atoms with E-state index in [9.17, 15) is 13.2 Å². The lowest BCUT2D eigenvalue weighted by molar-refractivity contribution is -0.134. The lowest BCUT2D eigenvalue weighted by Gasteiger charge is -2.11. The van der Waals surface area contributed by atoms with Gasteiger partial charge in [0.15, 0.2) is 0 Å². The molecule has 0 aliphatic carbocycles. The molecule has 0 aromatic heterocycles. The molecule has 0 fully saturated rings. The molecule has 0 amide bonds. The van der Waals surface area contributed by atoms with E-state index in [1.807, 2.05) is 0 Å². The molecule has 1 aromatic rings. The van der Waals surface area contributed by atoms with Crippen LogP contribution in [0.4, 0.5) is 24.5 Å². The summed E-state index contributed by atoms with van der Waals surface area (Å²) in [7, 11) is 0. The summed E-state index contributed by atoms with van der Waals surface area (Å²) in [5, 5.41) is 3.21. The summed E-state index contributed by atoms with van der Waals surface area (Å²) in [5.74, 6) is 0. The van der Waals surface area contributed by atoms with E-state index in [1.54, 1.807) is 18.2 Å². The Morgan fingerprint density at radius 1 is 1.31 bits per heavy atom. The highest BCUT2D eigenvalue weighted by molar-refractivity contribution is 6.33. The Kier molecular flexibility index (Phi) is 4.29. The molecule has 0 spiro atoms. The van der Waals surface area contributed by atoms with Crippen molar-refractivity contribution in [2.24, 2.45) is 0 Å². The largest absolute Gasteiger partial charge is 0.397 e. The van der Waals surface area contributed by atoms with Gasteiger partial charge in [0.1, 0.15) is 0 Å². The monoisotopic (exact) mass is 252 g/mol. The third kappa shape index (κ3) is 4.18. The fraction of sp³-hybridized carbons (Fsp3) is 0.400. The van der Waals surface area contributed by atoms with Gasteiger partial charge < -0.3 is 11.1 Å². The summed E-state index contributed by atoms with van der Waals surface area (Å²) in [4.78, 5) is 0. The number of nitrogens with one attached hydrogen (secondary N) is 1. The highest BCUT2D eigenvalue weighted by Gasteiger charge is 2.25. The first-order valence-corrected chi connectivity index (χ1v) is 5.12. The molecule has 6 heteroatoms. The van der Waals surface area contributed by atoms with E-state index in [4.69, 9.17) is 17.3 Å². The van der Waals surface area contributed by atoms with Crippen LogP contribution in [-0.4, -0.2) is 12.7 Å². The molecule has 90 valence electrons. The Balaban J connectivity index is 2.43. The number of hydrogen-bond donors (Lipinski definition) is 2. The van der Waals surface area contributed by atoms with Crippen LogP contribution in [0.1, 0.15) is 12.8 Å². The number of para-hydroxylation sites is 1. The van der Waals surface area contributed by atoms with Crippen LogP contribution in [0.15, 0.2) is 18.2 Å². The number of nitrogen functional groups attached to an aromatic ring is 1. The molecule has 0 heterocycles. The highest BCUT2D eigenvalue weighted by Crippen LogP contribution is 2.28. The predicted octanol–water partition coefficient (Wildman–Crippen LogP) is 3.68. The number of hydrogen-bond acceptors (Lipinski definition) is 2. The third-order valence-corrected chi connectivity index (χ3v) is 2.30. The Bertz CT molecular complexity index is 332. The smallest absolute Gasteiger partial charge is 0.389 e. The van der Waals surface area contributed by atoms with Gasteiger partial charge in [-0.25, -0.2) is 0 Å². The van der Waals surface area contributed by atoms with Crippen molar-refractivity contribution in [2.45, 2.75) is 19.0 Å². The molecule has 16 heavy (non-hydrogen) atoms.